The fourth-order valence-electron chi connectivity index (χ4n) is 2.27. The van der Waals surface area contributed by atoms with Crippen LogP contribution in [-0.2, 0) is 6.54 Å². The predicted molar refractivity (Wildman–Crippen MR) is 103 cm³/mol. The van der Waals surface area contributed by atoms with Gasteiger partial charge in [0.2, 0.25) is 0 Å². The Morgan fingerprint density at radius 1 is 1.12 bits per heavy atom. The zero-order valence-electron chi connectivity index (χ0n) is 16.1. The summed E-state index contributed by atoms with van der Waals surface area (Å²) in [6.45, 7) is 7.67. The van der Waals surface area contributed by atoms with Gasteiger partial charge in [0.15, 0.2) is 5.96 Å². The third-order valence-corrected chi connectivity index (χ3v) is 4.27. The molecule has 0 aliphatic heterocycles. The summed E-state index contributed by atoms with van der Waals surface area (Å²) in [7, 11) is 3.48. The van der Waals surface area contributed by atoms with Crippen molar-refractivity contribution in [3.8, 4) is 0 Å². The van der Waals surface area contributed by atoms with Crippen molar-refractivity contribution in [2.24, 2.45) is 4.99 Å². The molecule has 1 amide bonds. The van der Waals surface area contributed by atoms with Gasteiger partial charge in [-0.1, -0.05) is 26.0 Å². The van der Waals surface area contributed by atoms with Gasteiger partial charge in [-0.05, 0) is 37.5 Å². The standard InChI is InChI=1S/C19H32N4O2/c1-6-19(25,7-2)14-22-18(20-8-3)21-13-15-9-11-16(12-10-15)17(24)23(4)5/h9-12,25H,6-8,13-14H2,1-5H3,(H2,20,21,22). The zero-order chi connectivity index (χ0) is 18.9. The molecule has 0 aromatic heterocycles. The Hall–Kier alpha value is -2.08. The van der Waals surface area contributed by atoms with Crippen LogP contribution in [0.3, 0.4) is 0 Å². The minimum absolute atomic E-state index is 0.0107. The smallest absolute Gasteiger partial charge is 0.253 e. The molecule has 0 bridgehead atoms. The van der Waals surface area contributed by atoms with Gasteiger partial charge in [-0.2, -0.15) is 0 Å². The average molecular weight is 348 g/mol. The Morgan fingerprint density at radius 2 is 1.72 bits per heavy atom. The van der Waals surface area contributed by atoms with E-state index in [1.54, 1.807) is 19.0 Å². The molecule has 0 radical (unpaired) electrons. The number of aliphatic hydroxyl groups is 1. The molecular weight excluding hydrogens is 316 g/mol. The van der Waals surface area contributed by atoms with Gasteiger partial charge >= 0.3 is 0 Å². The molecular formula is C19H32N4O2. The van der Waals surface area contributed by atoms with Crippen LogP contribution in [0.1, 0.15) is 49.5 Å². The van der Waals surface area contributed by atoms with Crippen molar-refractivity contribution < 1.29 is 9.90 Å². The maximum atomic E-state index is 11.9. The first kappa shape index (κ1) is 21.0. The summed E-state index contributed by atoms with van der Waals surface area (Å²) in [6.07, 6.45) is 1.38. The van der Waals surface area contributed by atoms with Crippen LogP contribution < -0.4 is 10.6 Å². The quantitative estimate of drug-likeness (QED) is 0.496. The lowest BCUT2D eigenvalue weighted by molar-refractivity contribution is 0.0367. The van der Waals surface area contributed by atoms with Crippen molar-refractivity contribution in [2.45, 2.75) is 45.8 Å². The van der Waals surface area contributed by atoms with Crippen molar-refractivity contribution in [3.63, 3.8) is 0 Å². The molecule has 1 aromatic rings. The number of guanidine groups is 1. The molecule has 1 aromatic carbocycles. The van der Waals surface area contributed by atoms with Crippen LogP contribution in [0, 0.1) is 0 Å². The number of amides is 1. The lowest BCUT2D eigenvalue weighted by atomic mass is 9.98. The van der Waals surface area contributed by atoms with Crippen LogP contribution in [0.4, 0.5) is 0 Å². The van der Waals surface area contributed by atoms with Gasteiger partial charge in [0.25, 0.3) is 5.91 Å². The second-order valence-corrected chi connectivity index (χ2v) is 6.38. The Kier molecular flexibility index (Phi) is 8.41. The molecule has 0 saturated carbocycles. The Bertz CT molecular complexity index is 563. The van der Waals surface area contributed by atoms with E-state index in [0.717, 1.165) is 12.1 Å². The van der Waals surface area contributed by atoms with Crippen LogP contribution in [0.25, 0.3) is 0 Å². The van der Waals surface area contributed by atoms with Crippen molar-refractivity contribution in [1.82, 2.24) is 15.5 Å². The summed E-state index contributed by atoms with van der Waals surface area (Å²) < 4.78 is 0. The molecule has 0 fully saturated rings. The van der Waals surface area contributed by atoms with E-state index in [4.69, 9.17) is 0 Å². The number of carbonyl (C=O) groups is 1. The van der Waals surface area contributed by atoms with E-state index in [-0.39, 0.29) is 5.91 Å². The molecule has 0 spiro atoms. The first-order valence-corrected chi connectivity index (χ1v) is 8.90. The summed E-state index contributed by atoms with van der Waals surface area (Å²) in [5.74, 6) is 0.666. The molecule has 0 saturated heterocycles. The van der Waals surface area contributed by atoms with E-state index in [9.17, 15) is 9.90 Å². The molecule has 1 rings (SSSR count). The van der Waals surface area contributed by atoms with E-state index in [1.807, 2.05) is 45.0 Å². The van der Waals surface area contributed by atoms with Crippen LogP contribution in [0.2, 0.25) is 0 Å². The van der Waals surface area contributed by atoms with Gasteiger partial charge in [0.1, 0.15) is 0 Å². The lowest BCUT2D eigenvalue weighted by Crippen LogP contribution is -2.46. The SMILES string of the molecule is CCNC(=NCc1ccc(C(=O)N(C)C)cc1)NCC(O)(CC)CC. The maximum absolute atomic E-state index is 11.9. The van der Waals surface area contributed by atoms with Gasteiger partial charge < -0.3 is 20.6 Å². The molecule has 0 atom stereocenters. The topological polar surface area (TPSA) is 77.0 Å². The highest BCUT2D eigenvalue weighted by Gasteiger charge is 2.22. The van der Waals surface area contributed by atoms with E-state index in [2.05, 4.69) is 15.6 Å². The summed E-state index contributed by atoms with van der Waals surface area (Å²) in [5, 5.41) is 16.8. The highest BCUT2D eigenvalue weighted by molar-refractivity contribution is 5.93. The van der Waals surface area contributed by atoms with E-state index >= 15 is 0 Å². The van der Waals surface area contributed by atoms with Crippen molar-refractivity contribution >= 4 is 11.9 Å². The van der Waals surface area contributed by atoms with Crippen molar-refractivity contribution in [2.75, 3.05) is 27.2 Å². The Labute approximate surface area is 151 Å². The number of aliphatic imine (C=N–C) groups is 1. The molecule has 6 heteroatoms. The highest BCUT2D eigenvalue weighted by Crippen LogP contribution is 2.13. The Morgan fingerprint density at radius 3 is 2.20 bits per heavy atom. The first-order chi connectivity index (χ1) is 11.8. The van der Waals surface area contributed by atoms with Crippen molar-refractivity contribution in [1.29, 1.82) is 0 Å². The highest BCUT2D eigenvalue weighted by atomic mass is 16.3. The zero-order valence-corrected chi connectivity index (χ0v) is 16.1. The van der Waals surface area contributed by atoms with Gasteiger partial charge in [0, 0.05) is 32.7 Å². The molecule has 140 valence electrons. The molecule has 25 heavy (non-hydrogen) atoms. The van der Waals surface area contributed by atoms with Gasteiger partial charge in [-0.15, -0.1) is 0 Å². The molecule has 0 unspecified atom stereocenters. The number of rotatable bonds is 8. The third-order valence-electron chi connectivity index (χ3n) is 4.27. The summed E-state index contributed by atoms with van der Waals surface area (Å²) in [4.78, 5) is 18.0. The first-order valence-electron chi connectivity index (χ1n) is 8.90. The predicted octanol–water partition coefficient (Wildman–Crippen LogP) is 1.99. The number of nitrogens with zero attached hydrogens (tertiary/aromatic N) is 2. The average Bonchev–Trinajstić information content (AvgIpc) is 2.63. The molecule has 0 aliphatic carbocycles. The summed E-state index contributed by atoms with van der Waals surface area (Å²) in [6, 6.07) is 7.47. The lowest BCUT2D eigenvalue weighted by Gasteiger charge is -2.26. The van der Waals surface area contributed by atoms with Gasteiger partial charge in [0.05, 0.1) is 12.1 Å². The van der Waals surface area contributed by atoms with E-state index < -0.39 is 5.60 Å². The third kappa shape index (κ3) is 6.74. The molecule has 0 heterocycles. The molecule has 3 N–H and O–H groups in total. The summed E-state index contributed by atoms with van der Waals surface area (Å²) >= 11 is 0. The second kappa shape index (κ2) is 10.0. The fourth-order valence-corrected chi connectivity index (χ4v) is 2.27. The van der Waals surface area contributed by atoms with Crippen LogP contribution >= 0.6 is 0 Å². The number of benzene rings is 1. The minimum Gasteiger partial charge on any atom is -0.388 e. The minimum atomic E-state index is -0.718. The monoisotopic (exact) mass is 348 g/mol. The van der Waals surface area contributed by atoms with Crippen LogP contribution in [0.15, 0.2) is 29.3 Å². The number of hydrogen-bond acceptors (Lipinski definition) is 3. The Balaban J connectivity index is 2.72. The summed E-state index contributed by atoms with van der Waals surface area (Å²) in [5.41, 5.74) is 0.970. The van der Waals surface area contributed by atoms with E-state index in [0.29, 0.717) is 37.5 Å². The van der Waals surface area contributed by atoms with E-state index in [1.165, 1.54) is 0 Å². The second-order valence-electron chi connectivity index (χ2n) is 6.38. The van der Waals surface area contributed by atoms with Crippen LogP contribution in [0.5, 0.6) is 0 Å². The number of nitrogens with one attached hydrogen (secondary N) is 2. The number of carbonyl (C=O) groups excluding carboxylic acids is 1. The molecule has 0 aliphatic rings. The van der Waals surface area contributed by atoms with Gasteiger partial charge in [-0.3, -0.25) is 4.79 Å². The fraction of sp³-hybridized carbons (Fsp3) is 0.579. The normalized spacial score (nSPS) is 12.0. The maximum Gasteiger partial charge on any atom is 0.253 e. The van der Waals surface area contributed by atoms with Crippen molar-refractivity contribution in [3.05, 3.63) is 35.4 Å². The largest absolute Gasteiger partial charge is 0.388 e. The van der Waals surface area contributed by atoms with Crippen LogP contribution in [-0.4, -0.2) is 54.7 Å². The van der Waals surface area contributed by atoms with Gasteiger partial charge in [-0.25, -0.2) is 4.99 Å². The number of hydrogen-bond donors (Lipinski definition) is 3. The molecule has 6 nitrogen and oxygen atoms in total.